The summed E-state index contributed by atoms with van der Waals surface area (Å²) in [6.07, 6.45) is 5.40. The third kappa shape index (κ3) is 4.99. The summed E-state index contributed by atoms with van der Waals surface area (Å²) in [7, 11) is 1.97. The lowest BCUT2D eigenvalue weighted by molar-refractivity contribution is -0.120. The zero-order valence-electron chi connectivity index (χ0n) is 16.0. The van der Waals surface area contributed by atoms with Gasteiger partial charge in [-0.3, -0.25) is 9.69 Å². The van der Waals surface area contributed by atoms with E-state index in [1.807, 2.05) is 14.0 Å². The van der Waals surface area contributed by atoms with E-state index in [4.69, 9.17) is 11.6 Å². The number of pyridine rings is 1. The average molecular weight is 387 g/mol. The van der Waals surface area contributed by atoms with E-state index in [1.165, 1.54) is 30.5 Å². The first kappa shape index (κ1) is 19.6. The predicted molar refractivity (Wildman–Crippen MR) is 111 cm³/mol. The summed E-state index contributed by atoms with van der Waals surface area (Å²) in [5.74, 6) is -0.0946. The van der Waals surface area contributed by atoms with E-state index >= 15 is 0 Å². The van der Waals surface area contributed by atoms with Gasteiger partial charge in [0.05, 0.1) is 11.7 Å². The number of likely N-dealkylation sites (N-methyl/N-ethyl adjacent to an activating group) is 1. The maximum Gasteiger partial charge on any atom is 0.241 e. The second-order valence-corrected chi connectivity index (χ2v) is 7.46. The molecule has 144 valence electrons. The molecular weight excluding hydrogens is 360 g/mol. The Balaban J connectivity index is 1.67. The van der Waals surface area contributed by atoms with Gasteiger partial charge >= 0.3 is 0 Å². The van der Waals surface area contributed by atoms with Crippen LogP contribution in [0.3, 0.4) is 0 Å². The molecule has 2 aromatic rings. The molecule has 1 unspecified atom stereocenters. The molecule has 0 radical (unpaired) electrons. The van der Waals surface area contributed by atoms with Crippen molar-refractivity contribution in [1.82, 2.24) is 9.88 Å². The molecule has 1 aromatic heterocycles. The zero-order valence-corrected chi connectivity index (χ0v) is 16.7. The standard InChI is InChI=1S/C21H27ClN4O/c1-16(21(27)24-18-10-8-12-23-20(18)22)25(2)15-17-9-4-5-11-19(17)26-13-6-3-7-14-26/h4-5,8-12,16H,3,6-7,13-15H2,1-2H3,(H,24,27). The van der Waals surface area contributed by atoms with Gasteiger partial charge in [0.1, 0.15) is 0 Å². The van der Waals surface area contributed by atoms with Crippen molar-refractivity contribution < 1.29 is 4.79 Å². The molecule has 0 saturated carbocycles. The molecule has 1 saturated heterocycles. The number of carbonyl (C=O) groups is 1. The lowest BCUT2D eigenvalue weighted by atomic mass is 10.1. The van der Waals surface area contributed by atoms with Gasteiger partial charge in [0, 0.05) is 31.5 Å². The lowest BCUT2D eigenvalue weighted by Gasteiger charge is -2.32. The SMILES string of the molecule is CC(C(=O)Nc1cccnc1Cl)N(C)Cc1ccccc1N1CCCCC1. The van der Waals surface area contributed by atoms with Crippen LogP contribution in [0.4, 0.5) is 11.4 Å². The Morgan fingerprint density at radius 1 is 1.22 bits per heavy atom. The molecule has 0 spiro atoms. The van der Waals surface area contributed by atoms with Crippen molar-refractivity contribution in [2.75, 3.05) is 30.4 Å². The summed E-state index contributed by atoms with van der Waals surface area (Å²) >= 11 is 6.04. The number of anilines is 2. The number of aromatic nitrogens is 1. The number of hydrogen-bond acceptors (Lipinski definition) is 4. The lowest BCUT2D eigenvalue weighted by Crippen LogP contribution is -2.39. The molecule has 1 aromatic carbocycles. The van der Waals surface area contributed by atoms with Crippen molar-refractivity contribution in [3.63, 3.8) is 0 Å². The molecule has 1 aliphatic rings. The van der Waals surface area contributed by atoms with Crippen LogP contribution in [-0.4, -0.2) is 42.0 Å². The van der Waals surface area contributed by atoms with Gasteiger partial charge in [-0.1, -0.05) is 29.8 Å². The smallest absolute Gasteiger partial charge is 0.241 e. The second kappa shape index (κ2) is 9.20. The number of rotatable bonds is 6. The average Bonchev–Trinajstić information content (AvgIpc) is 2.70. The van der Waals surface area contributed by atoms with E-state index < -0.39 is 0 Å². The van der Waals surface area contributed by atoms with Crippen LogP contribution in [0.1, 0.15) is 31.7 Å². The molecule has 1 N–H and O–H groups in total. The molecule has 3 rings (SSSR count). The highest BCUT2D eigenvalue weighted by Crippen LogP contribution is 2.25. The number of nitrogens with one attached hydrogen (secondary N) is 1. The van der Waals surface area contributed by atoms with Crippen molar-refractivity contribution in [1.29, 1.82) is 0 Å². The van der Waals surface area contributed by atoms with Gasteiger partial charge in [-0.2, -0.15) is 0 Å². The fraction of sp³-hybridized carbons (Fsp3) is 0.429. The molecule has 27 heavy (non-hydrogen) atoms. The van der Waals surface area contributed by atoms with Gasteiger partial charge in [0.25, 0.3) is 0 Å². The maximum atomic E-state index is 12.6. The van der Waals surface area contributed by atoms with Gasteiger partial charge in [-0.25, -0.2) is 4.98 Å². The molecule has 1 aliphatic heterocycles. The second-order valence-electron chi connectivity index (χ2n) is 7.10. The van der Waals surface area contributed by atoms with Gasteiger partial charge in [0.15, 0.2) is 5.15 Å². The van der Waals surface area contributed by atoms with Crippen molar-refractivity contribution in [3.05, 3.63) is 53.3 Å². The van der Waals surface area contributed by atoms with Crippen LogP contribution in [0.15, 0.2) is 42.6 Å². The number of amides is 1. The molecule has 0 bridgehead atoms. The number of piperidine rings is 1. The van der Waals surface area contributed by atoms with Crippen LogP contribution in [0.25, 0.3) is 0 Å². The Labute approximate surface area is 166 Å². The van der Waals surface area contributed by atoms with E-state index in [2.05, 4.69) is 44.4 Å². The summed E-state index contributed by atoms with van der Waals surface area (Å²) in [5, 5.41) is 3.17. The zero-order chi connectivity index (χ0) is 19.2. The topological polar surface area (TPSA) is 48.5 Å². The number of halogens is 1. The van der Waals surface area contributed by atoms with Gasteiger partial charge in [-0.15, -0.1) is 0 Å². The summed E-state index contributed by atoms with van der Waals surface area (Å²) in [6, 6.07) is 11.7. The minimum atomic E-state index is -0.296. The van der Waals surface area contributed by atoms with Crippen LogP contribution in [0.2, 0.25) is 5.15 Å². The highest BCUT2D eigenvalue weighted by atomic mass is 35.5. The third-order valence-electron chi connectivity index (χ3n) is 5.17. The number of carbonyl (C=O) groups excluding carboxylic acids is 1. The van der Waals surface area contributed by atoms with Gasteiger partial charge < -0.3 is 10.2 Å². The molecule has 6 heteroatoms. The van der Waals surface area contributed by atoms with E-state index in [0.29, 0.717) is 17.4 Å². The normalized spacial score (nSPS) is 15.6. The minimum absolute atomic E-state index is 0.0946. The number of para-hydroxylation sites is 1. The molecule has 2 heterocycles. The summed E-state index contributed by atoms with van der Waals surface area (Å²) < 4.78 is 0. The Morgan fingerprint density at radius 3 is 2.70 bits per heavy atom. The van der Waals surface area contributed by atoms with Crippen LogP contribution < -0.4 is 10.2 Å². The quantitative estimate of drug-likeness (QED) is 0.756. The highest BCUT2D eigenvalue weighted by Gasteiger charge is 2.21. The number of hydrogen-bond donors (Lipinski definition) is 1. The van der Waals surface area contributed by atoms with Crippen LogP contribution in [0.5, 0.6) is 0 Å². The highest BCUT2D eigenvalue weighted by molar-refractivity contribution is 6.32. The fourth-order valence-electron chi connectivity index (χ4n) is 3.41. The van der Waals surface area contributed by atoms with Gasteiger partial charge in [-0.05, 0) is 57.0 Å². The molecule has 1 amide bonds. The maximum absolute atomic E-state index is 12.6. The first-order valence-electron chi connectivity index (χ1n) is 9.50. The first-order valence-corrected chi connectivity index (χ1v) is 9.88. The molecule has 5 nitrogen and oxygen atoms in total. The van der Waals surface area contributed by atoms with E-state index in [-0.39, 0.29) is 11.9 Å². The Morgan fingerprint density at radius 2 is 1.96 bits per heavy atom. The number of benzene rings is 1. The summed E-state index contributed by atoms with van der Waals surface area (Å²) in [4.78, 5) is 21.2. The molecular formula is C21H27ClN4O. The monoisotopic (exact) mass is 386 g/mol. The third-order valence-corrected chi connectivity index (χ3v) is 5.47. The van der Waals surface area contributed by atoms with Gasteiger partial charge in [0.2, 0.25) is 5.91 Å². The van der Waals surface area contributed by atoms with Crippen molar-refractivity contribution in [2.45, 2.75) is 38.8 Å². The van der Waals surface area contributed by atoms with Crippen molar-refractivity contribution >= 4 is 28.9 Å². The molecule has 0 aliphatic carbocycles. The van der Waals surface area contributed by atoms with Crippen LogP contribution in [-0.2, 0) is 11.3 Å². The van der Waals surface area contributed by atoms with E-state index in [0.717, 1.165) is 13.1 Å². The van der Waals surface area contributed by atoms with E-state index in [1.54, 1.807) is 18.3 Å². The van der Waals surface area contributed by atoms with Crippen molar-refractivity contribution in [2.24, 2.45) is 0 Å². The summed E-state index contributed by atoms with van der Waals surface area (Å²) in [5.41, 5.74) is 3.08. The molecule has 1 fully saturated rings. The summed E-state index contributed by atoms with van der Waals surface area (Å²) in [6.45, 7) is 4.83. The predicted octanol–water partition coefficient (Wildman–Crippen LogP) is 4.18. The van der Waals surface area contributed by atoms with Crippen LogP contribution in [0, 0.1) is 0 Å². The minimum Gasteiger partial charge on any atom is -0.371 e. The van der Waals surface area contributed by atoms with Crippen LogP contribution >= 0.6 is 11.6 Å². The Bertz CT molecular complexity index is 776. The fourth-order valence-corrected chi connectivity index (χ4v) is 3.58. The number of nitrogens with zero attached hydrogens (tertiary/aromatic N) is 3. The first-order chi connectivity index (χ1) is 13.1. The van der Waals surface area contributed by atoms with E-state index in [9.17, 15) is 4.79 Å². The van der Waals surface area contributed by atoms with Crippen molar-refractivity contribution in [3.8, 4) is 0 Å². The Hall–Kier alpha value is -2.11. The molecule has 1 atom stereocenters. The largest absolute Gasteiger partial charge is 0.371 e. The Kier molecular flexibility index (Phi) is 6.69.